The number of aromatic nitrogens is 2. The van der Waals surface area contributed by atoms with Gasteiger partial charge in [0.1, 0.15) is 0 Å². The van der Waals surface area contributed by atoms with Gasteiger partial charge in [0.15, 0.2) is 0 Å². The van der Waals surface area contributed by atoms with E-state index in [0.717, 1.165) is 22.6 Å². The second-order valence-electron chi connectivity index (χ2n) is 10.8. The first-order chi connectivity index (χ1) is 17.9. The number of nitrogens with two attached hydrogens (primary N) is 2. The van der Waals surface area contributed by atoms with Crippen molar-refractivity contribution in [3.8, 4) is 11.4 Å². The molecule has 0 unspecified atom stereocenters. The summed E-state index contributed by atoms with van der Waals surface area (Å²) in [5.74, 6) is 0. The summed E-state index contributed by atoms with van der Waals surface area (Å²) in [7, 11) is 0. The maximum Gasteiger partial charge on any atom is 0.0582 e. The number of para-hydroxylation sites is 2. The summed E-state index contributed by atoms with van der Waals surface area (Å²) < 4.78 is 4.76. The second-order valence-corrected chi connectivity index (χ2v) is 10.8. The Kier molecular flexibility index (Phi) is 3.73. The zero-order chi connectivity index (χ0) is 25.1. The average molecular weight is 479 g/mol. The van der Waals surface area contributed by atoms with Crippen LogP contribution in [0.25, 0.3) is 55.0 Å². The molecule has 0 fully saturated rings. The number of nitrogens with zero attached hydrogens (tertiary/aromatic N) is 2. The highest BCUT2D eigenvalue weighted by atomic mass is 15.0. The van der Waals surface area contributed by atoms with Crippen LogP contribution >= 0.6 is 0 Å². The zero-order valence-corrected chi connectivity index (χ0v) is 20.8. The van der Waals surface area contributed by atoms with Crippen LogP contribution in [-0.4, -0.2) is 9.13 Å². The van der Waals surface area contributed by atoms with Crippen LogP contribution < -0.4 is 11.5 Å². The third kappa shape index (κ3) is 2.52. The fourth-order valence-electron chi connectivity index (χ4n) is 6.61. The number of fused-ring (bicyclic) bond motifs is 8. The van der Waals surface area contributed by atoms with E-state index < -0.39 is 0 Å². The highest BCUT2D eigenvalue weighted by Crippen LogP contribution is 2.48. The monoisotopic (exact) mass is 478 g/mol. The molecule has 8 rings (SSSR count). The molecule has 0 saturated heterocycles. The summed E-state index contributed by atoms with van der Waals surface area (Å²) in [6, 6.07) is 34.6. The van der Waals surface area contributed by atoms with Gasteiger partial charge in [-0.3, -0.25) is 0 Å². The van der Waals surface area contributed by atoms with Crippen LogP contribution in [0.4, 0.5) is 11.4 Å². The van der Waals surface area contributed by atoms with Crippen LogP contribution in [0.1, 0.15) is 25.0 Å². The van der Waals surface area contributed by atoms with Gasteiger partial charge in [-0.15, -0.1) is 0 Å². The molecule has 0 amide bonds. The molecule has 0 radical (unpaired) electrons. The van der Waals surface area contributed by atoms with E-state index in [1.54, 1.807) is 0 Å². The summed E-state index contributed by atoms with van der Waals surface area (Å²) >= 11 is 0. The maximum absolute atomic E-state index is 6.26. The summed E-state index contributed by atoms with van der Waals surface area (Å²) in [5.41, 5.74) is 23.6. The minimum atomic E-state index is -0.151. The molecule has 4 nitrogen and oxygen atoms in total. The van der Waals surface area contributed by atoms with E-state index in [1.165, 1.54) is 54.9 Å². The van der Waals surface area contributed by atoms with Gasteiger partial charge in [0.05, 0.1) is 27.8 Å². The second kappa shape index (κ2) is 6.74. The van der Waals surface area contributed by atoms with Crippen LogP contribution in [0.3, 0.4) is 0 Å². The lowest BCUT2D eigenvalue weighted by Crippen LogP contribution is -2.26. The predicted octanol–water partition coefficient (Wildman–Crippen LogP) is 7.68. The number of nitrogen functional groups attached to an aromatic ring is 2. The van der Waals surface area contributed by atoms with Crippen LogP contribution in [0.5, 0.6) is 0 Å². The van der Waals surface area contributed by atoms with Gasteiger partial charge in [0.25, 0.3) is 0 Å². The average Bonchev–Trinajstić information content (AvgIpc) is 3.40. The number of hydrogen-bond donors (Lipinski definition) is 2. The Morgan fingerprint density at radius 1 is 0.541 bits per heavy atom. The minimum absolute atomic E-state index is 0.151. The molecule has 0 bridgehead atoms. The van der Waals surface area contributed by atoms with Gasteiger partial charge in [0, 0.05) is 44.0 Å². The van der Waals surface area contributed by atoms with Gasteiger partial charge in [-0.1, -0.05) is 56.3 Å². The van der Waals surface area contributed by atoms with E-state index in [4.69, 9.17) is 11.5 Å². The molecule has 4 heteroatoms. The topological polar surface area (TPSA) is 61.9 Å². The molecule has 0 spiro atoms. The Morgan fingerprint density at radius 2 is 1.27 bits per heavy atom. The SMILES string of the molecule is CC1(C)c2cc(N)ccc2-n2c3ccc(-n4c5ccccc5c5ccc(N)cc54)cc3c3cccc1c32. The van der Waals surface area contributed by atoms with Gasteiger partial charge >= 0.3 is 0 Å². The highest BCUT2D eigenvalue weighted by Gasteiger charge is 2.35. The maximum atomic E-state index is 6.26. The van der Waals surface area contributed by atoms with Crippen molar-refractivity contribution in [3.05, 3.63) is 108 Å². The van der Waals surface area contributed by atoms with Gasteiger partial charge < -0.3 is 20.6 Å². The summed E-state index contributed by atoms with van der Waals surface area (Å²) in [5, 5.41) is 4.95. The van der Waals surface area contributed by atoms with Crippen molar-refractivity contribution in [1.82, 2.24) is 9.13 Å². The number of rotatable bonds is 1. The first-order valence-corrected chi connectivity index (χ1v) is 12.7. The van der Waals surface area contributed by atoms with E-state index in [1.807, 2.05) is 12.1 Å². The Morgan fingerprint density at radius 3 is 2.16 bits per heavy atom. The minimum Gasteiger partial charge on any atom is -0.399 e. The zero-order valence-electron chi connectivity index (χ0n) is 20.8. The van der Waals surface area contributed by atoms with Crippen molar-refractivity contribution < 1.29 is 0 Å². The largest absolute Gasteiger partial charge is 0.399 e. The Labute approximate surface area is 214 Å². The number of anilines is 2. The van der Waals surface area contributed by atoms with Gasteiger partial charge in [-0.05, 0) is 65.7 Å². The van der Waals surface area contributed by atoms with Crippen molar-refractivity contribution in [2.45, 2.75) is 19.3 Å². The highest BCUT2D eigenvalue weighted by molar-refractivity contribution is 6.13. The number of benzene rings is 5. The van der Waals surface area contributed by atoms with E-state index in [0.29, 0.717) is 0 Å². The standard InChI is InChI=1S/C33H26N4/c1-33(2)26-8-5-7-24-25-18-21(12-15-29(25)37(32(24)26)30-14-11-19(34)16-27(30)33)36-28-9-4-3-6-22(28)23-13-10-20(35)17-31(23)36/h3-18H,34-35H2,1-2H3. The molecule has 3 heterocycles. The normalized spacial score (nSPS) is 14.1. The molecular weight excluding hydrogens is 452 g/mol. The smallest absolute Gasteiger partial charge is 0.0582 e. The fourth-order valence-corrected chi connectivity index (χ4v) is 6.61. The molecule has 0 saturated carbocycles. The third-order valence-electron chi connectivity index (χ3n) is 8.34. The van der Waals surface area contributed by atoms with Crippen molar-refractivity contribution in [3.63, 3.8) is 0 Å². The van der Waals surface area contributed by atoms with Gasteiger partial charge in [-0.25, -0.2) is 0 Å². The van der Waals surface area contributed by atoms with E-state index >= 15 is 0 Å². The molecule has 5 aromatic carbocycles. The molecule has 0 aliphatic carbocycles. The molecule has 178 valence electrons. The lowest BCUT2D eigenvalue weighted by molar-refractivity contribution is 0.630. The van der Waals surface area contributed by atoms with Gasteiger partial charge in [-0.2, -0.15) is 0 Å². The summed E-state index contributed by atoms with van der Waals surface area (Å²) in [6.45, 7) is 4.60. The van der Waals surface area contributed by atoms with Gasteiger partial charge in [0.2, 0.25) is 0 Å². The van der Waals surface area contributed by atoms with E-state index in [9.17, 15) is 0 Å². The molecule has 2 aromatic heterocycles. The quantitative estimate of drug-likeness (QED) is 0.238. The van der Waals surface area contributed by atoms with Crippen molar-refractivity contribution in [1.29, 1.82) is 0 Å². The molecule has 4 N–H and O–H groups in total. The van der Waals surface area contributed by atoms with E-state index in [2.05, 4.69) is 108 Å². The Hall–Kier alpha value is -4.70. The molecule has 1 aliphatic heterocycles. The molecular formula is C33H26N4. The Balaban J connectivity index is 1.51. The van der Waals surface area contributed by atoms with Crippen LogP contribution in [0, 0.1) is 0 Å². The summed E-state index contributed by atoms with van der Waals surface area (Å²) in [4.78, 5) is 0. The van der Waals surface area contributed by atoms with Crippen LogP contribution in [-0.2, 0) is 5.41 Å². The first kappa shape index (κ1) is 20.5. The molecule has 7 aromatic rings. The number of hydrogen-bond acceptors (Lipinski definition) is 2. The predicted molar refractivity (Wildman–Crippen MR) is 156 cm³/mol. The van der Waals surface area contributed by atoms with Crippen molar-refractivity contribution >= 4 is 55.0 Å². The Bertz CT molecular complexity index is 2090. The lowest BCUT2D eigenvalue weighted by Gasteiger charge is -2.34. The van der Waals surface area contributed by atoms with Crippen LogP contribution in [0.2, 0.25) is 0 Å². The molecule has 0 atom stereocenters. The van der Waals surface area contributed by atoms with E-state index in [-0.39, 0.29) is 5.41 Å². The molecule has 1 aliphatic rings. The lowest BCUT2D eigenvalue weighted by atomic mass is 9.74. The first-order valence-electron chi connectivity index (χ1n) is 12.7. The fraction of sp³-hybridized carbons (Fsp3) is 0.0909. The molecule has 37 heavy (non-hydrogen) atoms. The van der Waals surface area contributed by atoms with Crippen LogP contribution in [0.15, 0.2) is 97.1 Å². The summed E-state index contributed by atoms with van der Waals surface area (Å²) in [6.07, 6.45) is 0. The van der Waals surface area contributed by atoms with Crippen molar-refractivity contribution in [2.24, 2.45) is 0 Å². The third-order valence-corrected chi connectivity index (χ3v) is 8.34. The van der Waals surface area contributed by atoms with Crippen molar-refractivity contribution in [2.75, 3.05) is 11.5 Å².